The molecule has 19 heavy (non-hydrogen) atoms. The Labute approximate surface area is 114 Å². The number of carbonyl (C=O) groups is 1. The van der Waals surface area contributed by atoms with Crippen molar-refractivity contribution >= 4 is 11.5 Å². The number of ketones is 1. The van der Waals surface area contributed by atoms with Gasteiger partial charge < -0.3 is 15.6 Å². The maximum atomic E-state index is 12.0. The highest BCUT2D eigenvalue weighted by atomic mass is 16.5. The number of benzene rings is 1. The Bertz CT molecular complexity index is 421. The zero-order valence-corrected chi connectivity index (χ0v) is 11.6. The Morgan fingerprint density at radius 1 is 1.47 bits per heavy atom. The molecule has 0 aliphatic heterocycles. The van der Waals surface area contributed by atoms with Crippen molar-refractivity contribution in [2.45, 2.75) is 13.3 Å². The lowest BCUT2D eigenvalue weighted by Crippen LogP contribution is -2.28. The maximum Gasteiger partial charge on any atom is 0.176 e. The fraction of sp³-hybridized carbons (Fsp3) is 0.500. The number of nitrogen functional groups attached to an aromatic ring is 1. The van der Waals surface area contributed by atoms with Crippen LogP contribution in [0.15, 0.2) is 18.2 Å². The lowest BCUT2D eigenvalue weighted by molar-refractivity contribution is 0.0936. The van der Waals surface area contributed by atoms with Crippen LogP contribution in [-0.4, -0.2) is 49.1 Å². The van der Waals surface area contributed by atoms with Crippen molar-refractivity contribution in [3.63, 3.8) is 0 Å². The Balaban J connectivity index is 2.68. The van der Waals surface area contributed by atoms with E-state index in [0.717, 1.165) is 6.42 Å². The summed E-state index contributed by atoms with van der Waals surface area (Å²) >= 11 is 0. The molecular weight excluding hydrogens is 244 g/mol. The molecule has 0 bridgehead atoms. The van der Waals surface area contributed by atoms with E-state index in [1.54, 1.807) is 30.1 Å². The summed E-state index contributed by atoms with van der Waals surface area (Å²) in [5.41, 5.74) is 6.90. The van der Waals surface area contributed by atoms with Crippen molar-refractivity contribution in [2.75, 3.05) is 39.1 Å². The van der Waals surface area contributed by atoms with Crippen LogP contribution in [0.25, 0.3) is 0 Å². The van der Waals surface area contributed by atoms with E-state index in [1.165, 1.54) is 0 Å². The molecule has 1 aromatic rings. The molecule has 0 atom stereocenters. The van der Waals surface area contributed by atoms with Crippen LogP contribution < -0.4 is 10.5 Å². The summed E-state index contributed by atoms with van der Waals surface area (Å²) in [5.74, 6) is 0.590. The number of likely N-dealkylation sites (N-methyl/N-ethyl adjacent to an activating group) is 1. The van der Waals surface area contributed by atoms with Gasteiger partial charge in [-0.1, -0.05) is 6.92 Å². The molecule has 0 saturated heterocycles. The fourth-order valence-corrected chi connectivity index (χ4v) is 1.65. The maximum absolute atomic E-state index is 12.0. The zero-order chi connectivity index (χ0) is 14.3. The fourth-order valence-electron chi connectivity index (χ4n) is 1.65. The van der Waals surface area contributed by atoms with Gasteiger partial charge in [0.05, 0.1) is 25.4 Å². The zero-order valence-electron chi connectivity index (χ0n) is 11.6. The van der Waals surface area contributed by atoms with E-state index >= 15 is 0 Å². The first-order valence-electron chi connectivity index (χ1n) is 6.43. The molecule has 0 unspecified atom stereocenters. The van der Waals surface area contributed by atoms with Crippen LogP contribution >= 0.6 is 0 Å². The normalized spacial score (nSPS) is 10.7. The summed E-state index contributed by atoms with van der Waals surface area (Å²) in [5, 5.41) is 8.79. The lowest BCUT2D eigenvalue weighted by Gasteiger charge is -2.14. The average Bonchev–Trinajstić information content (AvgIpc) is 2.37. The Morgan fingerprint density at radius 3 is 2.79 bits per heavy atom. The van der Waals surface area contributed by atoms with Gasteiger partial charge in [-0.15, -0.1) is 0 Å². The van der Waals surface area contributed by atoms with E-state index in [2.05, 4.69) is 0 Å². The van der Waals surface area contributed by atoms with Gasteiger partial charge in [-0.2, -0.15) is 0 Å². The Hall–Kier alpha value is -1.59. The minimum Gasteiger partial charge on any atom is -0.491 e. The molecule has 5 nitrogen and oxygen atoms in total. The van der Waals surface area contributed by atoms with Gasteiger partial charge in [-0.05, 0) is 31.7 Å². The number of rotatable bonds is 8. The van der Waals surface area contributed by atoms with Crippen LogP contribution in [-0.2, 0) is 0 Å². The third-order valence-electron chi connectivity index (χ3n) is 2.69. The summed E-state index contributed by atoms with van der Waals surface area (Å²) in [6, 6.07) is 5.08. The number of ether oxygens (including phenoxy) is 1. The number of aliphatic hydroxyl groups is 1. The highest BCUT2D eigenvalue weighted by Gasteiger charge is 2.11. The lowest BCUT2D eigenvalue weighted by atomic mass is 10.1. The summed E-state index contributed by atoms with van der Waals surface area (Å²) < 4.78 is 5.46. The van der Waals surface area contributed by atoms with Crippen LogP contribution in [0.5, 0.6) is 5.75 Å². The van der Waals surface area contributed by atoms with Crippen molar-refractivity contribution in [1.82, 2.24) is 4.90 Å². The van der Waals surface area contributed by atoms with E-state index in [-0.39, 0.29) is 18.9 Å². The molecule has 0 spiro atoms. The molecule has 1 aromatic carbocycles. The number of anilines is 1. The molecule has 0 radical (unpaired) electrons. The highest BCUT2D eigenvalue weighted by molar-refractivity contribution is 5.98. The second-order valence-electron chi connectivity index (χ2n) is 4.49. The predicted octanol–water partition coefficient (Wildman–Crippen LogP) is 1.16. The third-order valence-corrected chi connectivity index (χ3v) is 2.69. The predicted molar refractivity (Wildman–Crippen MR) is 75.6 cm³/mol. The topological polar surface area (TPSA) is 75.8 Å². The minimum atomic E-state index is -0.0234. The molecule has 0 saturated carbocycles. The SMILES string of the molecule is CCCOc1ccc(C(=O)CN(C)CCO)cc1N. The van der Waals surface area contributed by atoms with Crippen molar-refractivity contribution in [1.29, 1.82) is 0 Å². The van der Waals surface area contributed by atoms with Crippen LogP contribution in [0.2, 0.25) is 0 Å². The number of nitrogens with zero attached hydrogens (tertiary/aromatic N) is 1. The quantitative estimate of drug-likeness (QED) is 0.545. The second-order valence-corrected chi connectivity index (χ2v) is 4.49. The van der Waals surface area contributed by atoms with E-state index in [1.807, 2.05) is 6.92 Å². The smallest absolute Gasteiger partial charge is 0.176 e. The first kappa shape index (κ1) is 15.5. The van der Waals surface area contributed by atoms with Gasteiger partial charge in [0.15, 0.2) is 5.78 Å². The van der Waals surface area contributed by atoms with Gasteiger partial charge in [0, 0.05) is 12.1 Å². The van der Waals surface area contributed by atoms with E-state index in [9.17, 15) is 4.79 Å². The number of hydrogen-bond acceptors (Lipinski definition) is 5. The van der Waals surface area contributed by atoms with Crippen molar-refractivity contribution in [2.24, 2.45) is 0 Å². The van der Waals surface area contributed by atoms with Gasteiger partial charge in [0.25, 0.3) is 0 Å². The molecule has 106 valence electrons. The van der Waals surface area contributed by atoms with Crippen molar-refractivity contribution < 1.29 is 14.6 Å². The number of hydrogen-bond donors (Lipinski definition) is 2. The molecule has 0 heterocycles. The van der Waals surface area contributed by atoms with Crippen LogP contribution in [0.3, 0.4) is 0 Å². The average molecular weight is 266 g/mol. The molecular formula is C14H22N2O3. The van der Waals surface area contributed by atoms with Gasteiger partial charge in [0.2, 0.25) is 0 Å². The summed E-state index contributed by atoms with van der Waals surface area (Å²) in [4.78, 5) is 13.8. The summed E-state index contributed by atoms with van der Waals surface area (Å²) in [7, 11) is 1.79. The first-order valence-corrected chi connectivity index (χ1v) is 6.43. The van der Waals surface area contributed by atoms with Gasteiger partial charge in [0.1, 0.15) is 5.75 Å². The van der Waals surface area contributed by atoms with Crippen molar-refractivity contribution in [3.8, 4) is 5.75 Å². The van der Waals surface area contributed by atoms with Gasteiger partial charge in [-0.3, -0.25) is 9.69 Å². The van der Waals surface area contributed by atoms with E-state index in [4.69, 9.17) is 15.6 Å². The molecule has 3 N–H and O–H groups in total. The molecule has 0 aromatic heterocycles. The number of aliphatic hydroxyl groups excluding tert-OH is 1. The molecule has 5 heteroatoms. The van der Waals surface area contributed by atoms with Crippen LogP contribution in [0.1, 0.15) is 23.7 Å². The molecule has 1 rings (SSSR count). The third kappa shape index (κ3) is 4.89. The summed E-state index contributed by atoms with van der Waals surface area (Å²) in [6.45, 7) is 3.39. The second kappa shape index (κ2) is 7.76. The molecule has 0 fully saturated rings. The molecule has 0 amide bonds. The van der Waals surface area contributed by atoms with E-state index in [0.29, 0.717) is 30.2 Å². The van der Waals surface area contributed by atoms with Gasteiger partial charge in [-0.25, -0.2) is 0 Å². The Kier molecular flexibility index (Phi) is 6.32. The molecule has 0 aliphatic carbocycles. The van der Waals surface area contributed by atoms with Crippen LogP contribution in [0, 0.1) is 0 Å². The number of Topliss-reactive ketones (excluding diaryl/α,β-unsaturated/α-hetero) is 1. The standard InChI is InChI=1S/C14H22N2O3/c1-3-8-19-14-5-4-11(9-12(14)15)13(18)10-16(2)6-7-17/h4-5,9,17H,3,6-8,10,15H2,1-2H3. The number of carbonyl (C=O) groups excluding carboxylic acids is 1. The largest absolute Gasteiger partial charge is 0.491 e. The highest BCUT2D eigenvalue weighted by Crippen LogP contribution is 2.23. The van der Waals surface area contributed by atoms with Crippen LogP contribution in [0.4, 0.5) is 5.69 Å². The summed E-state index contributed by atoms with van der Waals surface area (Å²) in [6.07, 6.45) is 0.909. The first-order chi connectivity index (χ1) is 9.08. The molecule has 0 aliphatic rings. The number of nitrogens with two attached hydrogens (primary N) is 1. The van der Waals surface area contributed by atoms with Gasteiger partial charge >= 0.3 is 0 Å². The monoisotopic (exact) mass is 266 g/mol. The minimum absolute atomic E-state index is 0.0234. The van der Waals surface area contributed by atoms with Crippen molar-refractivity contribution in [3.05, 3.63) is 23.8 Å². The Morgan fingerprint density at radius 2 is 2.21 bits per heavy atom. The van der Waals surface area contributed by atoms with E-state index < -0.39 is 0 Å².